The summed E-state index contributed by atoms with van der Waals surface area (Å²) in [6, 6.07) is 5.07. The fourth-order valence-corrected chi connectivity index (χ4v) is 3.96. The largest absolute Gasteiger partial charge is 0.367 e. The first-order chi connectivity index (χ1) is 12.0. The number of likely N-dealkylation sites (N-methyl/N-ethyl adjacent to an activating group) is 1. The zero-order chi connectivity index (χ0) is 18.0. The van der Waals surface area contributed by atoms with Gasteiger partial charge in [0.2, 0.25) is 0 Å². The molecule has 25 heavy (non-hydrogen) atoms. The highest BCUT2D eigenvalue weighted by molar-refractivity contribution is 5.95. The molecule has 1 aromatic rings. The Morgan fingerprint density at radius 2 is 2.00 bits per heavy atom. The molecule has 0 radical (unpaired) electrons. The van der Waals surface area contributed by atoms with Crippen LogP contribution in [0.5, 0.6) is 0 Å². The fourth-order valence-electron chi connectivity index (χ4n) is 3.96. The summed E-state index contributed by atoms with van der Waals surface area (Å²) in [4.78, 5) is 19.0. The molecule has 0 saturated carbocycles. The van der Waals surface area contributed by atoms with E-state index in [4.69, 9.17) is 5.73 Å². The van der Waals surface area contributed by atoms with Crippen LogP contribution in [0.2, 0.25) is 0 Å². The van der Waals surface area contributed by atoms with E-state index in [9.17, 15) is 9.18 Å². The number of amides is 1. The van der Waals surface area contributed by atoms with E-state index in [0.717, 1.165) is 39.1 Å². The lowest BCUT2D eigenvalue weighted by Crippen LogP contribution is -2.46. The zero-order valence-corrected chi connectivity index (χ0v) is 15.2. The molecular weight excluding hydrogens is 319 g/mol. The first kappa shape index (κ1) is 18.1. The Balaban J connectivity index is 1.71. The Hall–Kier alpha value is -1.66. The van der Waals surface area contributed by atoms with Crippen LogP contribution in [0, 0.1) is 11.7 Å². The van der Waals surface area contributed by atoms with Crippen LogP contribution in [0.15, 0.2) is 18.2 Å². The summed E-state index contributed by atoms with van der Waals surface area (Å²) in [5, 5.41) is 0. The maximum Gasteiger partial charge on any atom is 0.254 e. The van der Waals surface area contributed by atoms with Gasteiger partial charge in [0.15, 0.2) is 0 Å². The fraction of sp³-hybridized carbons (Fsp3) is 0.632. The van der Waals surface area contributed by atoms with Crippen LogP contribution in [0.4, 0.5) is 10.1 Å². The van der Waals surface area contributed by atoms with Crippen LogP contribution in [0.1, 0.15) is 30.6 Å². The molecule has 6 heteroatoms. The van der Waals surface area contributed by atoms with Crippen molar-refractivity contribution in [3.8, 4) is 0 Å². The Morgan fingerprint density at radius 3 is 2.56 bits per heavy atom. The highest BCUT2D eigenvalue weighted by Gasteiger charge is 2.32. The van der Waals surface area contributed by atoms with E-state index in [1.54, 1.807) is 12.1 Å². The second-order valence-corrected chi connectivity index (χ2v) is 7.23. The number of rotatable bonds is 4. The van der Waals surface area contributed by atoms with Crippen LogP contribution < -0.4 is 10.6 Å². The second kappa shape index (κ2) is 7.70. The van der Waals surface area contributed by atoms with Gasteiger partial charge in [-0.3, -0.25) is 4.79 Å². The van der Waals surface area contributed by atoms with Crippen molar-refractivity contribution in [2.45, 2.75) is 26.3 Å². The number of nitrogens with zero attached hydrogens (tertiary/aromatic N) is 3. The quantitative estimate of drug-likeness (QED) is 0.901. The van der Waals surface area contributed by atoms with Gasteiger partial charge in [-0.2, -0.15) is 0 Å². The van der Waals surface area contributed by atoms with Gasteiger partial charge in [-0.25, -0.2) is 4.39 Å². The van der Waals surface area contributed by atoms with Crippen LogP contribution in [0.3, 0.4) is 0 Å². The minimum absolute atomic E-state index is 0.0929. The van der Waals surface area contributed by atoms with Crippen molar-refractivity contribution in [1.29, 1.82) is 0 Å². The van der Waals surface area contributed by atoms with Gasteiger partial charge < -0.3 is 20.4 Å². The number of benzene rings is 1. The number of carbonyl (C=O) groups excluding carboxylic acids is 1. The Morgan fingerprint density at radius 1 is 1.28 bits per heavy atom. The summed E-state index contributed by atoms with van der Waals surface area (Å²) in [6.07, 6.45) is 0.921. The van der Waals surface area contributed by atoms with Crippen molar-refractivity contribution >= 4 is 11.6 Å². The van der Waals surface area contributed by atoms with E-state index >= 15 is 0 Å². The number of hydrogen-bond acceptors (Lipinski definition) is 4. The zero-order valence-electron chi connectivity index (χ0n) is 15.2. The predicted octanol–water partition coefficient (Wildman–Crippen LogP) is 1.78. The second-order valence-electron chi connectivity index (χ2n) is 7.23. The molecule has 138 valence electrons. The third-order valence-corrected chi connectivity index (χ3v) is 5.61. The van der Waals surface area contributed by atoms with Gasteiger partial charge in [0.25, 0.3) is 5.91 Å². The minimum atomic E-state index is -0.307. The molecule has 2 aliphatic rings. The number of halogens is 1. The molecule has 2 N–H and O–H groups in total. The molecule has 2 unspecified atom stereocenters. The Labute approximate surface area is 149 Å². The van der Waals surface area contributed by atoms with Gasteiger partial charge >= 0.3 is 0 Å². The monoisotopic (exact) mass is 348 g/mol. The lowest BCUT2D eigenvalue weighted by atomic mass is 10.1. The summed E-state index contributed by atoms with van der Waals surface area (Å²) < 4.78 is 14.7. The van der Waals surface area contributed by atoms with Crippen LogP contribution in [-0.4, -0.2) is 67.6 Å². The molecule has 1 amide bonds. The molecule has 2 fully saturated rings. The Kier molecular flexibility index (Phi) is 5.59. The smallest absolute Gasteiger partial charge is 0.254 e. The standard InChI is InChI=1S/C19H29FN4O/c1-3-22-6-8-23(9-7-22)18-5-4-16(11-17(18)20)19(25)24-13-15(12-21)10-14(24)2/h4-5,11,14-15H,3,6-10,12-13,21H2,1-2H3. The van der Waals surface area contributed by atoms with Gasteiger partial charge in [0, 0.05) is 44.3 Å². The minimum Gasteiger partial charge on any atom is -0.367 e. The summed E-state index contributed by atoms with van der Waals surface area (Å²) in [5.74, 6) is -0.0549. The SMILES string of the molecule is CCN1CCN(c2ccc(C(=O)N3CC(CN)CC3C)cc2F)CC1. The van der Waals surface area contributed by atoms with Crippen molar-refractivity contribution in [1.82, 2.24) is 9.80 Å². The maximum absolute atomic E-state index is 14.7. The van der Waals surface area contributed by atoms with Crippen LogP contribution in [0.25, 0.3) is 0 Å². The average molecular weight is 348 g/mol. The van der Waals surface area contributed by atoms with Crippen molar-refractivity contribution in [2.24, 2.45) is 11.7 Å². The number of anilines is 1. The number of likely N-dealkylation sites (tertiary alicyclic amines) is 1. The highest BCUT2D eigenvalue weighted by atomic mass is 19.1. The normalized spacial score (nSPS) is 24.8. The molecule has 0 bridgehead atoms. The molecule has 2 aliphatic heterocycles. The molecule has 0 aromatic heterocycles. The maximum atomic E-state index is 14.7. The highest BCUT2D eigenvalue weighted by Crippen LogP contribution is 2.27. The lowest BCUT2D eigenvalue weighted by Gasteiger charge is -2.35. The molecule has 2 heterocycles. The number of hydrogen-bond donors (Lipinski definition) is 1. The molecule has 0 aliphatic carbocycles. The van der Waals surface area contributed by atoms with E-state index in [0.29, 0.717) is 30.3 Å². The molecule has 2 saturated heterocycles. The molecular formula is C19H29FN4O. The van der Waals surface area contributed by atoms with Crippen molar-refractivity contribution in [2.75, 3.05) is 50.7 Å². The van der Waals surface area contributed by atoms with Gasteiger partial charge in [-0.05, 0) is 50.6 Å². The van der Waals surface area contributed by atoms with E-state index in [1.807, 2.05) is 11.8 Å². The topological polar surface area (TPSA) is 52.8 Å². The van der Waals surface area contributed by atoms with Gasteiger partial charge in [-0.1, -0.05) is 6.92 Å². The number of carbonyl (C=O) groups is 1. The van der Waals surface area contributed by atoms with Gasteiger partial charge in [0.05, 0.1) is 5.69 Å². The molecule has 1 aromatic carbocycles. The van der Waals surface area contributed by atoms with E-state index < -0.39 is 0 Å². The summed E-state index contributed by atoms with van der Waals surface area (Å²) in [7, 11) is 0. The van der Waals surface area contributed by atoms with Gasteiger partial charge in [0.1, 0.15) is 5.82 Å². The predicted molar refractivity (Wildman–Crippen MR) is 98.4 cm³/mol. The summed E-state index contributed by atoms with van der Waals surface area (Å²) in [5.41, 5.74) is 6.76. The molecule has 5 nitrogen and oxygen atoms in total. The van der Waals surface area contributed by atoms with Crippen LogP contribution in [-0.2, 0) is 0 Å². The van der Waals surface area contributed by atoms with Crippen molar-refractivity contribution < 1.29 is 9.18 Å². The van der Waals surface area contributed by atoms with Gasteiger partial charge in [-0.15, -0.1) is 0 Å². The average Bonchev–Trinajstić information content (AvgIpc) is 3.02. The third-order valence-electron chi connectivity index (χ3n) is 5.61. The van der Waals surface area contributed by atoms with E-state index in [-0.39, 0.29) is 17.8 Å². The molecule has 3 rings (SSSR count). The van der Waals surface area contributed by atoms with E-state index in [2.05, 4.69) is 16.7 Å². The van der Waals surface area contributed by atoms with Crippen molar-refractivity contribution in [3.63, 3.8) is 0 Å². The van der Waals surface area contributed by atoms with E-state index in [1.165, 1.54) is 6.07 Å². The van der Waals surface area contributed by atoms with Crippen molar-refractivity contribution in [3.05, 3.63) is 29.6 Å². The summed E-state index contributed by atoms with van der Waals surface area (Å²) >= 11 is 0. The first-order valence-corrected chi connectivity index (χ1v) is 9.31. The summed E-state index contributed by atoms with van der Waals surface area (Å²) in [6.45, 7) is 9.99. The number of nitrogens with two attached hydrogens (primary N) is 1. The molecule has 0 spiro atoms. The molecule has 2 atom stereocenters. The lowest BCUT2D eigenvalue weighted by molar-refractivity contribution is 0.0743. The van der Waals surface area contributed by atoms with Crippen LogP contribution >= 0.6 is 0 Å². The Bertz CT molecular complexity index is 615. The number of piperazine rings is 1. The first-order valence-electron chi connectivity index (χ1n) is 9.31. The third kappa shape index (κ3) is 3.80.